The van der Waals surface area contributed by atoms with Crippen molar-refractivity contribution in [3.8, 4) is 6.07 Å². The van der Waals surface area contributed by atoms with E-state index in [0.717, 1.165) is 37.8 Å². The zero-order valence-corrected chi connectivity index (χ0v) is 21.3. The zero-order chi connectivity index (χ0) is 24.0. The van der Waals surface area contributed by atoms with Crippen LogP contribution in [-0.4, -0.2) is 27.7 Å². The number of benzene rings is 2. The second kappa shape index (κ2) is 11.4. The summed E-state index contributed by atoms with van der Waals surface area (Å²) in [7, 11) is 0. The third kappa shape index (κ3) is 6.38. The Balaban J connectivity index is 1.61. The Hall–Kier alpha value is -2.80. The van der Waals surface area contributed by atoms with Crippen LogP contribution in [0.25, 0.3) is 0 Å². The Bertz CT molecular complexity index is 1230. The van der Waals surface area contributed by atoms with Crippen LogP contribution in [0.4, 0.5) is 11.4 Å². The van der Waals surface area contributed by atoms with Crippen LogP contribution in [0.2, 0.25) is 0 Å². The first-order valence-electron chi connectivity index (χ1n) is 10.2. The maximum absolute atomic E-state index is 12.5. The standard InChI is InChI=1S/C24H24N4O2S3/c1-14-7-5-9-18(16(14)3)26-21(29)12-31-23-20(11-25)28-33-24(23)32-13-22(30)27-19-10-6-8-15(2)17(19)4/h5-10H,12-13H2,1-4H3,(H,26,29)(H,27,30). The molecule has 6 nitrogen and oxygen atoms in total. The van der Waals surface area contributed by atoms with E-state index in [2.05, 4.69) is 21.1 Å². The quantitative estimate of drug-likeness (QED) is 0.388. The molecule has 0 saturated carbocycles. The van der Waals surface area contributed by atoms with E-state index in [9.17, 15) is 14.9 Å². The molecular weight excluding hydrogens is 472 g/mol. The monoisotopic (exact) mass is 496 g/mol. The lowest BCUT2D eigenvalue weighted by Crippen LogP contribution is -2.15. The van der Waals surface area contributed by atoms with Crippen molar-refractivity contribution in [1.29, 1.82) is 5.26 Å². The Kier molecular flexibility index (Phi) is 8.55. The van der Waals surface area contributed by atoms with Crippen molar-refractivity contribution in [1.82, 2.24) is 4.37 Å². The molecule has 3 rings (SSSR count). The second-order valence-corrected chi connectivity index (χ2v) is 10.4. The van der Waals surface area contributed by atoms with Crippen molar-refractivity contribution < 1.29 is 9.59 Å². The summed E-state index contributed by atoms with van der Waals surface area (Å²) in [5.74, 6) is 0.0300. The van der Waals surface area contributed by atoms with Gasteiger partial charge in [0.2, 0.25) is 11.8 Å². The summed E-state index contributed by atoms with van der Waals surface area (Å²) in [6.45, 7) is 7.93. The lowest BCUT2D eigenvalue weighted by atomic mass is 10.1. The van der Waals surface area contributed by atoms with Crippen LogP contribution in [0.1, 0.15) is 27.9 Å². The van der Waals surface area contributed by atoms with Gasteiger partial charge in [0.15, 0.2) is 5.69 Å². The summed E-state index contributed by atoms with van der Waals surface area (Å²) in [5.41, 5.74) is 6.12. The number of hydrogen-bond donors (Lipinski definition) is 2. The molecule has 0 fully saturated rings. The Labute approximate surface area is 206 Å². The number of carbonyl (C=O) groups is 2. The predicted octanol–water partition coefficient (Wildman–Crippen LogP) is 5.71. The highest BCUT2D eigenvalue weighted by atomic mass is 32.2. The van der Waals surface area contributed by atoms with E-state index in [4.69, 9.17) is 0 Å². The Morgan fingerprint density at radius 1 is 0.909 bits per heavy atom. The van der Waals surface area contributed by atoms with Crippen molar-refractivity contribution in [3.63, 3.8) is 0 Å². The van der Waals surface area contributed by atoms with Gasteiger partial charge in [-0.2, -0.15) is 9.64 Å². The molecule has 0 radical (unpaired) electrons. The molecule has 0 aliphatic heterocycles. The molecule has 2 amide bonds. The van der Waals surface area contributed by atoms with Gasteiger partial charge in [0, 0.05) is 11.4 Å². The molecule has 0 spiro atoms. The largest absolute Gasteiger partial charge is 0.325 e. The lowest BCUT2D eigenvalue weighted by Gasteiger charge is -2.11. The van der Waals surface area contributed by atoms with Crippen molar-refractivity contribution in [2.75, 3.05) is 22.1 Å². The van der Waals surface area contributed by atoms with Crippen LogP contribution in [-0.2, 0) is 9.59 Å². The zero-order valence-electron chi connectivity index (χ0n) is 18.8. The molecular formula is C24H24N4O2S3. The molecule has 2 N–H and O–H groups in total. The minimum atomic E-state index is -0.160. The van der Waals surface area contributed by atoms with Gasteiger partial charge in [0.1, 0.15) is 6.07 Å². The van der Waals surface area contributed by atoms with E-state index >= 15 is 0 Å². The number of amides is 2. The SMILES string of the molecule is Cc1cccc(NC(=O)CSc2snc(C#N)c2SCC(=O)Nc2cccc(C)c2C)c1C. The number of nitrogens with one attached hydrogen (secondary N) is 2. The molecule has 0 aliphatic carbocycles. The summed E-state index contributed by atoms with van der Waals surface area (Å²) in [5, 5.41) is 15.3. The van der Waals surface area contributed by atoms with Crippen LogP contribution >= 0.6 is 35.1 Å². The first-order valence-corrected chi connectivity index (χ1v) is 12.9. The second-order valence-electron chi connectivity index (χ2n) is 7.43. The molecule has 9 heteroatoms. The third-order valence-corrected chi connectivity index (χ3v) is 8.61. The highest BCUT2D eigenvalue weighted by molar-refractivity contribution is 8.04. The summed E-state index contributed by atoms with van der Waals surface area (Å²) in [6, 6.07) is 13.6. The first kappa shape index (κ1) is 24.8. The number of thioether (sulfide) groups is 2. The van der Waals surface area contributed by atoms with Gasteiger partial charge in [-0.05, 0) is 73.6 Å². The minimum Gasteiger partial charge on any atom is -0.325 e. The molecule has 33 heavy (non-hydrogen) atoms. The van der Waals surface area contributed by atoms with Gasteiger partial charge in [-0.15, -0.1) is 23.5 Å². The fourth-order valence-corrected chi connectivity index (χ4v) is 5.91. The summed E-state index contributed by atoms with van der Waals surface area (Å²) >= 11 is 3.76. The van der Waals surface area contributed by atoms with Gasteiger partial charge >= 0.3 is 0 Å². The van der Waals surface area contributed by atoms with E-state index in [1.54, 1.807) is 0 Å². The van der Waals surface area contributed by atoms with E-state index in [0.29, 0.717) is 4.90 Å². The molecule has 0 atom stereocenters. The van der Waals surface area contributed by atoms with Crippen LogP contribution in [0.3, 0.4) is 0 Å². The number of nitriles is 1. The Morgan fingerprint density at radius 2 is 1.42 bits per heavy atom. The van der Waals surface area contributed by atoms with E-state index in [1.165, 1.54) is 35.1 Å². The molecule has 1 heterocycles. The predicted molar refractivity (Wildman–Crippen MR) is 137 cm³/mol. The topological polar surface area (TPSA) is 94.9 Å². The fourth-order valence-electron chi connectivity index (χ4n) is 2.97. The smallest absolute Gasteiger partial charge is 0.234 e. The number of aryl methyl sites for hydroxylation is 2. The van der Waals surface area contributed by atoms with Gasteiger partial charge in [-0.25, -0.2) is 0 Å². The third-order valence-electron chi connectivity index (χ3n) is 5.17. The highest BCUT2D eigenvalue weighted by Gasteiger charge is 2.18. The van der Waals surface area contributed by atoms with E-state index in [-0.39, 0.29) is 29.0 Å². The number of aromatic nitrogens is 1. The average Bonchev–Trinajstić information content (AvgIpc) is 3.19. The lowest BCUT2D eigenvalue weighted by molar-refractivity contribution is -0.114. The summed E-state index contributed by atoms with van der Waals surface area (Å²) < 4.78 is 4.94. The van der Waals surface area contributed by atoms with Crippen LogP contribution < -0.4 is 10.6 Å². The summed E-state index contributed by atoms with van der Waals surface area (Å²) in [4.78, 5) is 25.6. The average molecular weight is 497 g/mol. The van der Waals surface area contributed by atoms with Crippen molar-refractivity contribution in [2.45, 2.75) is 36.8 Å². The molecule has 2 aromatic carbocycles. The first-order chi connectivity index (χ1) is 15.8. The number of rotatable bonds is 8. The summed E-state index contributed by atoms with van der Waals surface area (Å²) in [6.07, 6.45) is 0. The van der Waals surface area contributed by atoms with Gasteiger partial charge in [-0.1, -0.05) is 24.3 Å². The number of hydrogen-bond acceptors (Lipinski definition) is 7. The Morgan fingerprint density at radius 3 is 1.94 bits per heavy atom. The molecule has 1 aromatic heterocycles. The molecule has 0 bridgehead atoms. The van der Waals surface area contributed by atoms with Crippen molar-refractivity contribution >= 4 is 58.2 Å². The van der Waals surface area contributed by atoms with Crippen LogP contribution in [0.15, 0.2) is 45.5 Å². The number of nitrogens with zero attached hydrogens (tertiary/aromatic N) is 2. The molecule has 0 saturated heterocycles. The highest BCUT2D eigenvalue weighted by Crippen LogP contribution is 2.37. The minimum absolute atomic E-state index is 0.135. The molecule has 0 unspecified atom stereocenters. The van der Waals surface area contributed by atoms with Crippen molar-refractivity contribution in [3.05, 3.63) is 64.3 Å². The van der Waals surface area contributed by atoms with E-state index < -0.39 is 0 Å². The number of carbonyl (C=O) groups excluding carboxylic acids is 2. The van der Waals surface area contributed by atoms with Gasteiger partial charge in [-0.3, -0.25) is 9.59 Å². The van der Waals surface area contributed by atoms with Crippen molar-refractivity contribution in [2.24, 2.45) is 0 Å². The fraction of sp³-hybridized carbons (Fsp3) is 0.250. The number of anilines is 2. The van der Waals surface area contributed by atoms with E-state index in [1.807, 2.05) is 64.1 Å². The van der Waals surface area contributed by atoms with Crippen LogP contribution in [0.5, 0.6) is 0 Å². The van der Waals surface area contributed by atoms with Gasteiger partial charge in [0.05, 0.1) is 20.6 Å². The maximum atomic E-state index is 12.5. The molecule has 0 aliphatic rings. The maximum Gasteiger partial charge on any atom is 0.234 e. The van der Waals surface area contributed by atoms with Gasteiger partial charge in [0.25, 0.3) is 0 Å². The molecule has 170 valence electrons. The van der Waals surface area contributed by atoms with Crippen LogP contribution in [0, 0.1) is 39.0 Å². The van der Waals surface area contributed by atoms with Gasteiger partial charge < -0.3 is 10.6 Å². The normalized spacial score (nSPS) is 10.5. The molecule has 3 aromatic rings.